The SMILES string of the molecule is CC(C)c1c(O)c(O)n(CCCn2ccnc2)c1-c1ccccn1. The van der Waals surface area contributed by atoms with Crippen LogP contribution >= 0.6 is 0 Å². The molecule has 0 radical (unpaired) electrons. The smallest absolute Gasteiger partial charge is 0.235 e. The van der Waals surface area contributed by atoms with Crippen molar-refractivity contribution >= 4 is 0 Å². The van der Waals surface area contributed by atoms with Gasteiger partial charge in [0.25, 0.3) is 0 Å². The van der Waals surface area contributed by atoms with Crippen LogP contribution in [0.2, 0.25) is 0 Å². The van der Waals surface area contributed by atoms with Gasteiger partial charge in [-0.3, -0.25) is 4.98 Å². The number of rotatable bonds is 6. The molecule has 3 heterocycles. The van der Waals surface area contributed by atoms with Crippen molar-refractivity contribution in [1.82, 2.24) is 19.1 Å². The van der Waals surface area contributed by atoms with Gasteiger partial charge < -0.3 is 19.3 Å². The quantitative estimate of drug-likeness (QED) is 0.728. The molecule has 6 nitrogen and oxygen atoms in total. The lowest BCUT2D eigenvalue weighted by atomic mass is 10.0. The van der Waals surface area contributed by atoms with E-state index in [1.54, 1.807) is 23.3 Å². The summed E-state index contributed by atoms with van der Waals surface area (Å²) in [5.41, 5.74) is 2.26. The molecule has 3 aromatic heterocycles. The average molecular weight is 326 g/mol. The standard InChI is InChI=1S/C18H22N4O2/c1-13(2)15-16(14-6-3-4-7-20-14)22(18(24)17(15)23)10-5-9-21-11-8-19-12-21/h3-4,6-8,11-13,23-24H,5,9-10H2,1-2H3. The van der Waals surface area contributed by atoms with Gasteiger partial charge in [-0.15, -0.1) is 0 Å². The summed E-state index contributed by atoms with van der Waals surface area (Å²) in [7, 11) is 0. The van der Waals surface area contributed by atoms with Crippen molar-refractivity contribution < 1.29 is 10.2 Å². The van der Waals surface area contributed by atoms with Crippen molar-refractivity contribution in [2.75, 3.05) is 0 Å². The fraction of sp³-hybridized carbons (Fsp3) is 0.333. The van der Waals surface area contributed by atoms with E-state index in [1.165, 1.54) is 0 Å². The molecule has 0 aromatic carbocycles. The number of aromatic nitrogens is 4. The largest absolute Gasteiger partial charge is 0.503 e. The lowest BCUT2D eigenvalue weighted by Gasteiger charge is -2.13. The Morgan fingerprint density at radius 2 is 1.96 bits per heavy atom. The molecule has 126 valence electrons. The van der Waals surface area contributed by atoms with E-state index < -0.39 is 0 Å². The number of aryl methyl sites for hydroxylation is 1. The zero-order valence-corrected chi connectivity index (χ0v) is 13.9. The molecule has 0 amide bonds. The van der Waals surface area contributed by atoms with Gasteiger partial charge in [0.1, 0.15) is 0 Å². The minimum Gasteiger partial charge on any atom is -0.503 e. The zero-order chi connectivity index (χ0) is 17.1. The Labute approximate surface area is 141 Å². The summed E-state index contributed by atoms with van der Waals surface area (Å²) in [6, 6.07) is 5.65. The van der Waals surface area contributed by atoms with Gasteiger partial charge >= 0.3 is 0 Å². The Bertz CT molecular complexity index is 792. The molecule has 0 saturated carbocycles. The number of nitrogens with zero attached hydrogens (tertiary/aromatic N) is 4. The van der Waals surface area contributed by atoms with Crippen LogP contribution in [0, 0.1) is 0 Å². The summed E-state index contributed by atoms with van der Waals surface area (Å²) in [5, 5.41) is 20.8. The molecule has 6 heteroatoms. The van der Waals surface area contributed by atoms with Gasteiger partial charge in [0.15, 0.2) is 5.75 Å². The molecular weight excluding hydrogens is 304 g/mol. The molecule has 0 atom stereocenters. The number of hydrogen-bond donors (Lipinski definition) is 2. The van der Waals surface area contributed by atoms with Gasteiger partial charge in [-0.1, -0.05) is 19.9 Å². The molecule has 0 aliphatic carbocycles. The van der Waals surface area contributed by atoms with Gasteiger partial charge in [-0.05, 0) is 24.5 Å². The molecule has 2 N–H and O–H groups in total. The highest BCUT2D eigenvalue weighted by Gasteiger charge is 2.25. The normalized spacial score (nSPS) is 11.3. The highest BCUT2D eigenvalue weighted by atomic mass is 16.3. The summed E-state index contributed by atoms with van der Waals surface area (Å²) in [5.74, 6) is -0.0685. The summed E-state index contributed by atoms with van der Waals surface area (Å²) in [4.78, 5) is 8.44. The second-order valence-corrected chi connectivity index (χ2v) is 6.11. The first kappa shape index (κ1) is 16.1. The first-order valence-corrected chi connectivity index (χ1v) is 8.11. The molecule has 0 aliphatic heterocycles. The van der Waals surface area contributed by atoms with Gasteiger partial charge in [0.05, 0.1) is 17.7 Å². The summed E-state index contributed by atoms with van der Waals surface area (Å²) < 4.78 is 3.74. The molecule has 0 saturated heterocycles. The second kappa shape index (κ2) is 6.78. The molecule has 0 fully saturated rings. The Morgan fingerprint density at radius 1 is 1.12 bits per heavy atom. The third-order valence-electron chi connectivity index (χ3n) is 4.09. The van der Waals surface area contributed by atoms with Crippen LogP contribution in [0.1, 0.15) is 31.7 Å². The van der Waals surface area contributed by atoms with Crippen LogP contribution in [0.4, 0.5) is 0 Å². The van der Waals surface area contributed by atoms with Gasteiger partial charge in [-0.25, -0.2) is 4.98 Å². The van der Waals surface area contributed by atoms with Crippen LogP contribution in [0.25, 0.3) is 11.4 Å². The van der Waals surface area contributed by atoms with E-state index in [2.05, 4.69) is 9.97 Å². The minimum absolute atomic E-state index is 0.0479. The second-order valence-electron chi connectivity index (χ2n) is 6.11. The summed E-state index contributed by atoms with van der Waals surface area (Å²) >= 11 is 0. The third kappa shape index (κ3) is 2.99. The highest BCUT2D eigenvalue weighted by Crippen LogP contribution is 2.44. The van der Waals surface area contributed by atoms with Gasteiger partial charge in [0, 0.05) is 37.2 Å². The van der Waals surface area contributed by atoms with Crippen LogP contribution in [0.5, 0.6) is 11.6 Å². The molecule has 24 heavy (non-hydrogen) atoms. The minimum atomic E-state index is -0.0926. The first-order chi connectivity index (χ1) is 11.6. The molecule has 3 aromatic rings. The first-order valence-electron chi connectivity index (χ1n) is 8.11. The molecule has 3 rings (SSSR count). The van der Waals surface area contributed by atoms with Crippen molar-refractivity contribution in [3.05, 3.63) is 48.7 Å². The zero-order valence-electron chi connectivity index (χ0n) is 13.9. The number of aromatic hydroxyl groups is 2. The molecule has 0 aliphatic rings. The lowest BCUT2D eigenvalue weighted by molar-refractivity contribution is 0.366. The predicted molar refractivity (Wildman–Crippen MR) is 91.9 cm³/mol. The Hall–Kier alpha value is -2.76. The molecule has 0 spiro atoms. The summed E-state index contributed by atoms with van der Waals surface area (Å²) in [6.45, 7) is 5.36. The maximum Gasteiger partial charge on any atom is 0.235 e. The van der Waals surface area contributed by atoms with E-state index in [0.29, 0.717) is 6.54 Å². The maximum absolute atomic E-state index is 10.4. The van der Waals surface area contributed by atoms with E-state index in [-0.39, 0.29) is 17.5 Å². The number of imidazole rings is 1. The number of hydrogen-bond acceptors (Lipinski definition) is 4. The van der Waals surface area contributed by atoms with E-state index in [4.69, 9.17) is 0 Å². The van der Waals surface area contributed by atoms with Crippen molar-refractivity contribution in [3.8, 4) is 23.0 Å². The van der Waals surface area contributed by atoms with E-state index >= 15 is 0 Å². The van der Waals surface area contributed by atoms with Crippen molar-refractivity contribution in [3.63, 3.8) is 0 Å². The average Bonchev–Trinajstić information content (AvgIpc) is 3.17. The highest BCUT2D eigenvalue weighted by molar-refractivity contribution is 5.69. The van der Waals surface area contributed by atoms with Crippen LogP contribution in [0.3, 0.4) is 0 Å². The van der Waals surface area contributed by atoms with Gasteiger partial charge in [-0.2, -0.15) is 0 Å². The van der Waals surface area contributed by atoms with Crippen LogP contribution in [-0.4, -0.2) is 29.3 Å². The van der Waals surface area contributed by atoms with E-state index in [0.717, 1.165) is 29.9 Å². The van der Waals surface area contributed by atoms with Gasteiger partial charge in [0.2, 0.25) is 5.88 Å². The topological polar surface area (TPSA) is 76.1 Å². The Morgan fingerprint density at radius 3 is 2.58 bits per heavy atom. The van der Waals surface area contributed by atoms with Crippen LogP contribution < -0.4 is 0 Å². The predicted octanol–water partition coefficient (Wildman–Crippen LogP) is 3.37. The van der Waals surface area contributed by atoms with Crippen molar-refractivity contribution in [2.45, 2.75) is 39.3 Å². The number of pyridine rings is 1. The van der Waals surface area contributed by atoms with Crippen LogP contribution in [-0.2, 0) is 13.1 Å². The third-order valence-corrected chi connectivity index (χ3v) is 4.09. The lowest BCUT2D eigenvalue weighted by Crippen LogP contribution is -2.05. The van der Waals surface area contributed by atoms with Crippen molar-refractivity contribution in [2.24, 2.45) is 0 Å². The van der Waals surface area contributed by atoms with E-state index in [1.807, 2.05) is 42.8 Å². The Balaban J connectivity index is 1.96. The monoisotopic (exact) mass is 326 g/mol. The molecular formula is C18H22N4O2. The molecule has 0 unspecified atom stereocenters. The van der Waals surface area contributed by atoms with Crippen LogP contribution in [0.15, 0.2) is 43.1 Å². The Kier molecular flexibility index (Phi) is 4.55. The fourth-order valence-electron chi connectivity index (χ4n) is 2.99. The fourth-order valence-corrected chi connectivity index (χ4v) is 2.99. The molecule has 0 bridgehead atoms. The van der Waals surface area contributed by atoms with Crippen molar-refractivity contribution in [1.29, 1.82) is 0 Å². The van der Waals surface area contributed by atoms with E-state index in [9.17, 15) is 10.2 Å². The summed E-state index contributed by atoms with van der Waals surface area (Å²) in [6.07, 6.45) is 7.94. The maximum atomic E-state index is 10.4.